The average Bonchev–Trinajstić information content (AvgIpc) is 2.48. The number of aliphatic hydroxyl groups is 1. The van der Waals surface area contributed by atoms with Crippen molar-refractivity contribution < 1.29 is 19.6 Å². The summed E-state index contributed by atoms with van der Waals surface area (Å²) in [6.07, 6.45) is 2.71. The number of nitrogens with one attached hydrogen (secondary N) is 1. The number of rotatable bonds is 4. The van der Waals surface area contributed by atoms with Crippen LogP contribution >= 0.6 is 0 Å². The van der Waals surface area contributed by atoms with Gasteiger partial charge in [-0.15, -0.1) is 0 Å². The summed E-state index contributed by atoms with van der Waals surface area (Å²) in [6, 6.07) is 3.75. The van der Waals surface area contributed by atoms with Gasteiger partial charge in [-0.25, -0.2) is 0 Å². The highest BCUT2D eigenvalue weighted by atomic mass is 16.6. The van der Waals surface area contributed by atoms with E-state index in [1.807, 2.05) is 0 Å². The average molecular weight is 294 g/mol. The zero-order chi connectivity index (χ0) is 15.4. The molecule has 0 saturated heterocycles. The Hall–Kier alpha value is -2.15. The Morgan fingerprint density at radius 2 is 2.14 bits per heavy atom. The molecule has 0 aliphatic heterocycles. The van der Waals surface area contributed by atoms with Crippen LogP contribution in [0.3, 0.4) is 0 Å². The van der Waals surface area contributed by atoms with Crippen molar-refractivity contribution in [3.05, 3.63) is 33.9 Å². The molecule has 0 heterocycles. The Bertz CT molecular complexity index is 546. The van der Waals surface area contributed by atoms with E-state index in [0.29, 0.717) is 12.8 Å². The van der Waals surface area contributed by atoms with E-state index in [4.69, 9.17) is 4.74 Å². The predicted molar refractivity (Wildman–Crippen MR) is 75.4 cm³/mol. The number of benzene rings is 1. The summed E-state index contributed by atoms with van der Waals surface area (Å²) in [5, 5.41) is 23.5. The van der Waals surface area contributed by atoms with E-state index in [9.17, 15) is 20.0 Å². The fraction of sp³-hybridized carbons (Fsp3) is 0.500. The topological polar surface area (TPSA) is 102 Å². The minimum Gasteiger partial charge on any atom is -0.490 e. The van der Waals surface area contributed by atoms with Gasteiger partial charge in [-0.05, 0) is 25.0 Å². The minimum absolute atomic E-state index is 0.106. The number of nitro benzene ring substituents is 1. The zero-order valence-corrected chi connectivity index (χ0v) is 11.7. The quantitative estimate of drug-likeness (QED) is 0.649. The van der Waals surface area contributed by atoms with Gasteiger partial charge in [-0.3, -0.25) is 14.9 Å². The summed E-state index contributed by atoms with van der Waals surface area (Å²) < 4.78 is 4.90. The number of ether oxygens (including phenoxy) is 1. The summed E-state index contributed by atoms with van der Waals surface area (Å²) in [6.45, 7) is 0. The number of aliphatic hydroxyl groups excluding tert-OH is 1. The summed E-state index contributed by atoms with van der Waals surface area (Å²) in [5.41, 5.74) is -0.0744. The number of hydrogen-bond donors (Lipinski definition) is 2. The summed E-state index contributed by atoms with van der Waals surface area (Å²) in [5.74, 6) is -0.319. The van der Waals surface area contributed by atoms with Crippen LogP contribution in [0.5, 0.6) is 5.75 Å². The normalized spacial score (nSPS) is 21.6. The minimum atomic E-state index is -0.592. The van der Waals surface area contributed by atoms with Gasteiger partial charge in [0.05, 0.1) is 24.2 Å². The van der Waals surface area contributed by atoms with Crippen LogP contribution in [-0.4, -0.2) is 35.2 Å². The van der Waals surface area contributed by atoms with Crippen LogP contribution < -0.4 is 10.1 Å². The molecule has 2 atom stereocenters. The Kier molecular flexibility index (Phi) is 4.74. The molecule has 1 saturated carbocycles. The largest absolute Gasteiger partial charge is 0.490 e. The molecular weight excluding hydrogens is 276 g/mol. The van der Waals surface area contributed by atoms with Crippen LogP contribution in [0, 0.1) is 10.1 Å². The molecule has 1 amide bonds. The van der Waals surface area contributed by atoms with Gasteiger partial charge in [0.1, 0.15) is 0 Å². The van der Waals surface area contributed by atoms with E-state index in [-0.39, 0.29) is 23.0 Å². The first-order valence-electron chi connectivity index (χ1n) is 6.84. The lowest BCUT2D eigenvalue weighted by Gasteiger charge is -2.28. The van der Waals surface area contributed by atoms with Gasteiger partial charge >= 0.3 is 5.69 Å². The molecule has 1 aromatic carbocycles. The maximum absolute atomic E-state index is 12.1. The molecule has 0 bridgehead atoms. The van der Waals surface area contributed by atoms with Crippen molar-refractivity contribution in [2.45, 2.75) is 37.8 Å². The van der Waals surface area contributed by atoms with Crippen LogP contribution in [-0.2, 0) is 0 Å². The monoisotopic (exact) mass is 294 g/mol. The molecule has 1 fully saturated rings. The molecule has 0 spiro atoms. The number of amides is 1. The molecule has 7 heteroatoms. The van der Waals surface area contributed by atoms with E-state index >= 15 is 0 Å². The summed E-state index contributed by atoms with van der Waals surface area (Å²) in [7, 11) is 1.33. The van der Waals surface area contributed by atoms with Gasteiger partial charge in [0.2, 0.25) is 0 Å². The van der Waals surface area contributed by atoms with Crippen LogP contribution in [0.1, 0.15) is 36.0 Å². The number of hydrogen-bond acceptors (Lipinski definition) is 5. The van der Waals surface area contributed by atoms with Crippen LogP contribution in [0.4, 0.5) is 5.69 Å². The van der Waals surface area contributed by atoms with Crippen LogP contribution in [0.2, 0.25) is 0 Å². The molecule has 0 radical (unpaired) electrons. The molecule has 1 aromatic rings. The maximum atomic E-state index is 12.1. The molecule has 2 N–H and O–H groups in total. The van der Waals surface area contributed by atoms with Gasteiger partial charge in [0.15, 0.2) is 5.75 Å². The third-order valence-electron chi connectivity index (χ3n) is 3.68. The first kappa shape index (κ1) is 15.2. The second kappa shape index (κ2) is 6.53. The first-order valence-corrected chi connectivity index (χ1v) is 6.84. The Balaban J connectivity index is 2.15. The first-order chi connectivity index (χ1) is 10.0. The fourth-order valence-corrected chi connectivity index (χ4v) is 2.51. The summed E-state index contributed by atoms with van der Waals surface area (Å²) in [4.78, 5) is 22.5. The van der Waals surface area contributed by atoms with E-state index in [2.05, 4.69) is 5.32 Å². The van der Waals surface area contributed by atoms with E-state index in [1.54, 1.807) is 0 Å². The highest BCUT2D eigenvalue weighted by molar-refractivity contribution is 5.95. The number of nitrogens with zero attached hydrogens (tertiary/aromatic N) is 1. The smallest absolute Gasteiger partial charge is 0.311 e. The van der Waals surface area contributed by atoms with Gasteiger partial charge in [0.25, 0.3) is 5.91 Å². The molecule has 2 rings (SSSR count). The molecule has 0 unspecified atom stereocenters. The molecule has 1 aliphatic rings. The highest BCUT2D eigenvalue weighted by Crippen LogP contribution is 2.27. The Morgan fingerprint density at radius 1 is 1.43 bits per heavy atom. The lowest BCUT2D eigenvalue weighted by Crippen LogP contribution is -2.45. The SMILES string of the molecule is COc1ccc(C(=O)N[C@H]2CCCC[C@@H]2O)cc1[N+](=O)[O-]. The summed E-state index contributed by atoms with van der Waals surface area (Å²) >= 11 is 0. The maximum Gasteiger partial charge on any atom is 0.311 e. The third-order valence-corrected chi connectivity index (χ3v) is 3.68. The standard InChI is InChI=1S/C14H18N2O5/c1-21-13-7-6-9(8-11(13)16(19)20)14(18)15-10-4-2-3-5-12(10)17/h6-8,10,12,17H,2-5H2,1H3,(H,15,18)/t10-,12-/m0/s1. The molecule has 114 valence electrons. The second-order valence-corrected chi connectivity index (χ2v) is 5.08. The third kappa shape index (κ3) is 3.49. The van der Waals surface area contributed by atoms with Crippen LogP contribution in [0.25, 0.3) is 0 Å². The molecule has 1 aliphatic carbocycles. The van der Waals surface area contributed by atoms with Crippen molar-refractivity contribution in [1.82, 2.24) is 5.32 Å². The lowest BCUT2D eigenvalue weighted by atomic mass is 9.92. The van der Waals surface area contributed by atoms with Crippen molar-refractivity contribution in [2.75, 3.05) is 7.11 Å². The van der Waals surface area contributed by atoms with E-state index < -0.39 is 16.9 Å². The lowest BCUT2D eigenvalue weighted by molar-refractivity contribution is -0.385. The van der Waals surface area contributed by atoms with Gasteiger partial charge in [0, 0.05) is 11.6 Å². The van der Waals surface area contributed by atoms with Crippen molar-refractivity contribution >= 4 is 11.6 Å². The predicted octanol–water partition coefficient (Wildman–Crippen LogP) is 1.64. The van der Waals surface area contributed by atoms with Gasteiger partial charge in [-0.1, -0.05) is 12.8 Å². The number of carbonyl (C=O) groups excluding carboxylic acids is 1. The van der Waals surface area contributed by atoms with Crippen molar-refractivity contribution in [2.24, 2.45) is 0 Å². The van der Waals surface area contributed by atoms with Crippen molar-refractivity contribution in [3.8, 4) is 5.75 Å². The van der Waals surface area contributed by atoms with E-state index in [1.165, 1.54) is 25.3 Å². The molecular formula is C14H18N2O5. The number of carbonyl (C=O) groups is 1. The zero-order valence-electron chi connectivity index (χ0n) is 11.7. The van der Waals surface area contributed by atoms with Crippen LogP contribution in [0.15, 0.2) is 18.2 Å². The van der Waals surface area contributed by atoms with Gasteiger partial charge < -0.3 is 15.2 Å². The van der Waals surface area contributed by atoms with E-state index in [0.717, 1.165) is 12.8 Å². The Morgan fingerprint density at radius 3 is 2.76 bits per heavy atom. The molecule has 21 heavy (non-hydrogen) atoms. The second-order valence-electron chi connectivity index (χ2n) is 5.08. The fourth-order valence-electron chi connectivity index (χ4n) is 2.51. The van der Waals surface area contributed by atoms with Crippen molar-refractivity contribution in [3.63, 3.8) is 0 Å². The molecule has 0 aromatic heterocycles. The van der Waals surface area contributed by atoms with Gasteiger partial charge in [-0.2, -0.15) is 0 Å². The Labute approximate surface area is 122 Å². The molecule has 7 nitrogen and oxygen atoms in total. The highest BCUT2D eigenvalue weighted by Gasteiger charge is 2.26. The number of methoxy groups -OCH3 is 1. The number of nitro groups is 1. The van der Waals surface area contributed by atoms with Crippen molar-refractivity contribution in [1.29, 1.82) is 0 Å².